The lowest BCUT2D eigenvalue weighted by Crippen LogP contribution is -2.29. The molecular formula is C26H26BClN8O2. The second-order valence-corrected chi connectivity index (χ2v) is 8.72. The molecule has 0 spiro atoms. The quantitative estimate of drug-likeness (QED) is 0.198. The molecule has 0 aliphatic heterocycles. The molecular weight excluding hydrogens is 503 g/mol. The normalized spacial score (nSPS) is 10.4. The third-order valence-electron chi connectivity index (χ3n) is 5.26. The summed E-state index contributed by atoms with van der Waals surface area (Å²) < 4.78 is 3.37. The number of benzene rings is 2. The lowest BCUT2D eigenvalue weighted by molar-refractivity contribution is 0.426. The van der Waals surface area contributed by atoms with Gasteiger partial charge in [0.15, 0.2) is 11.3 Å². The van der Waals surface area contributed by atoms with E-state index in [1.54, 1.807) is 34.8 Å². The Morgan fingerprint density at radius 2 is 1.21 bits per heavy atom. The van der Waals surface area contributed by atoms with E-state index in [1.807, 2.05) is 73.0 Å². The van der Waals surface area contributed by atoms with Crippen LogP contribution in [0.5, 0.6) is 0 Å². The lowest BCUT2D eigenvalue weighted by Gasteiger charge is -2.05. The minimum absolute atomic E-state index is 0.410. The molecule has 0 amide bonds. The van der Waals surface area contributed by atoms with Gasteiger partial charge in [-0.2, -0.15) is 10.2 Å². The van der Waals surface area contributed by atoms with Crippen LogP contribution in [-0.4, -0.2) is 46.4 Å². The van der Waals surface area contributed by atoms with Crippen molar-refractivity contribution in [3.8, 4) is 11.3 Å². The first-order valence-corrected chi connectivity index (χ1v) is 12.0. The summed E-state index contributed by atoms with van der Waals surface area (Å²) in [7, 11) is -1.34. The Kier molecular flexibility index (Phi) is 8.22. The first-order chi connectivity index (χ1) is 18.2. The number of aryl methyl sites for hydroxylation is 2. The number of aromatic nitrogens is 6. The Balaban J connectivity index is 0.000000141. The van der Waals surface area contributed by atoms with Gasteiger partial charge in [-0.15, -0.1) is 0 Å². The first kappa shape index (κ1) is 26.6. The fraction of sp³-hybridized carbons (Fsp3) is 0.0769. The summed E-state index contributed by atoms with van der Waals surface area (Å²) in [6.45, 7) is 3.82. The molecule has 0 aliphatic rings. The van der Waals surface area contributed by atoms with Gasteiger partial charge in [0.2, 0.25) is 0 Å². The zero-order valence-electron chi connectivity index (χ0n) is 20.8. The van der Waals surface area contributed by atoms with Crippen molar-refractivity contribution >= 4 is 47.1 Å². The second-order valence-electron chi connectivity index (χ2n) is 8.33. The van der Waals surface area contributed by atoms with Crippen molar-refractivity contribution < 1.29 is 10.0 Å². The Hall–Kier alpha value is -4.45. The molecule has 12 heteroatoms. The third-order valence-corrected chi connectivity index (χ3v) is 5.53. The van der Waals surface area contributed by atoms with Crippen LogP contribution < -0.4 is 16.9 Å². The highest BCUT2D eigenvalue weighted by atomic mass is 35.5. The van der Waals surface area contributed by atoms with E-state index in [-0.39, 0.29) is 0 Å². The van der Waals surface area contributed by atoms with Crippen LogP contribution in [0.15, 0.2) is 84.9 Å². The fourth-order valence-electron chi connectivity index (χ4n) is 3.62. The van der Waals surface area contributed by atoms with Crippen LogP contribution in [-0.2, 0) is 0 Å². The van der Waals surface area contributed by atoms with Crippen LogP contribution in [0.3, 0.4) is 0 Å². The Labute approximate surface area is 224 Å². The Morgan fingerprint density at radius 1 is 0.711 bits per heavy atom. The molecule has 10 nitrogen and oxygen atoms in total. The van der Waals surface area contributed by atoms with E-state index in [0.29, 0.717) is 27.9 Å². The van der Waals surface area contributed by atoms with Crippen LogP contribution in [0.4, 0.5) is 11.6 Å². The first-order valence-electron chi connectivity index (χ1n) is 11.6. The van der Waals surface area contributed by atoms with Crippen molar-refractivity contribution in [3.05, 3.63) is 101 Å². The van der Waals surface area contributed by atoms with E-state index < -0.39 is 7.12 Å². The van der Waals surface area contributed by atoms with Gasteiger partial charge in [-0.3, -0.25) is 0 Å². The molecule has 0 atom stereocenters. The molecule has 4 heterocycles. The molecule has 0 aliphatic carbocycles. The van der Waals surface area contributed by atoms with Gasteiger partial charge in [-0.25, -0.2) is 19.0 Å². The van der Waals surface area contributed by atoms with E-state index in [4.69, 9.17) is 33.1 Å². The van der Waals surface area contributed by atoms with Crippen LogP contribution in [0.25, 0.3) is 22.6 Å². The van der Waals surface area contributed by atoms with E-state index in [0.717, 1.165) is 28.3 Å². The average Bonchev–Trinajstić information content (AvgIpc) is 3.46. The Bertz CT molecular complexity index is 1660. The number of fused-ring (bicyclic) bond motifs is 2. The standard InChI is InChI=1S/C13H12N4.C7H7ClN4.C6H7BO2/c1-9-7-13-15-12(14)8-11(17(13)16-9)10-5-3-2-4-6-10;1-4-2-7-10-6(9)3-5(8)12(7)11-4;8-7(9)6-4-2-1-3-5-6/h2-8H,1H3,(H2,14,15);2-3H,1H3,(H2,9,10);1-5,8-9H. The zero-order valence-corrected chi connectivity index (χ0v) is 21.5. The summed E-state index contributed by atoms with van der Waals surface area (Å²) in [5.74, 6) is 0.920. The summed E-state index contributed by atoms with van der Waals surface area (Å²) in [6.07, 6.45) is 0. The van der Waals surface area contributed by atoms with Crippen molar-refractivity contribution in [2.45, 2.75) is 13.8 Å². The SMILES string of the molecule is Cc1cc2nc(N)cc(-c3ccccc3)n2n1.Cc1cc2nc(N)cc(Cl)n2n1.OB(O)c1ccccc1. The molecule has 6 aromatic rings. The number of nitrogen functional groups attached to an aromatic ring is 2. The number of halogens is 1. The molecule has 6 rings (SSSR count). The molecule has 4 aromatic heterocycles. The highest BCUT2D eigenvalue weighted by Gasteiger charge is 2.09. The van der Waals surface area contributed by atoms with E-state index in [1.165, 1.54) is 0 Å². The molecule has 0 bridgehead atoms. The molecule has 0 radical (unpaired) electrons. The van der Waals surface area contributed by atoms with Crippen LogP contribution in [0.2, 0.25) is 5.15 Å². The number of hydrogen-bond acceptors (Lipinski definition) is 8. The second kappa shape index (κ2) is 11.7. The van der Waals surface area contributed by atoms with Crippen molar-refractivity contribution in [3.63, 3.8) is 0 Å². The van der Waals surface area contributed by atoms with Crippen molar-refractivity contribution in [1.29, 1.82) is 0 Å². The molecule has 6 N–H and O–H groups in total. The minimum Gasteiger partial charge on any atom is -0.423 e. The summed E-state index contributed by atoms with van der Waals surface area (Å²) in [6, 6.07) is 25.9. The van der Waals surface area contributed by atoms with E-state index in [2.05, 4.69) is 20.2 Å². The smallest absolute Gasteiger partial charge is 0.423 e. The number of rotatable bonds is 2. The summed E-state index contributed by atoms with van der Waals surface area (Å²) in [4.78, 5) is 8.31. The topological polar surface area (TPSA) is 153 Å². The molecule has 38 heavy (non-hydrogen) atoms. The van der Waals surface area contributed by atoms with Gasteiger partial charge >= 0.3 is 7.12 Å². The monoisotopic (exact) mass is 528 g/mol. The van der Waals surface area contributed by atoms with E-state index >= 15 is 0 Å². The highest BCUT2D eigenvalue weighted by Crippen LogP contribution is 2.22. The summed E-state index contributed by atoms with van der Waals surface area (Å²) in [5.41, 5.74) is 17.1. The number of hydrogen-bond donors (Lipinski definition) is 4. The summed E-state index contributed by atoms with van der Waals surface area (Å²) in [5, 5.41) is 26.2. The molecule has 0 fully saturated rings. The predicted octanol–water partition coefficient (Wildman–Crippen LogP) is 2.93. The maximum Gasteiger partial charge on any atom is 0.488 e. The maximum absolute atomic E-state index is 8.58. The van der Waals surface area contributed by atoms with Gasteiger partial charge in [-0.1, -0.05) is 72.3 Å². The van der Waals surface area contributed by atoms with Gasteiger partial charge in [-0.05, 0) is 19.3 Å². The fourth-order valence-corrected chi connectivity index (χ4v) is 3.85. The minimum atomic E-state index is -1.34. The predicted molar refractivity (Wildman–Crippen MR) is 151 cm³/mol. The third kappa shape index (κ3) is 6.46. The molecule has 0 saturated carbocycles. The average molecular weight is 529 g/mol. The van der Waals surface area contributed by atoms with Crippen molar-refractivity contribution in [2.75, 3.05) is 11.5 Å². The zero-order chi connectivity index (χ0) is 27.2. The number of nitrogens with two attached hydrogens (primary N) is 2. The number of anilines is 2. The molecule has 192 valence electrons. The molecule has 0 unspecified atom stereocenters. The van der Waals surface area contributed by atoms with Gasteiger partial charge in [0.05, 0.1) is 17.1 Å². The number of nitrogens with zero attached hydrogens (tertiary/aromatic N) is 6. The van der Waals surface area contributed by atoms with E-state index in [9.17, 15) is 0 Å². The maximum atomic E-state index is 8.58. The Morgan fingerprint density at radius 3 is 1.76 bits per heavy atom. The molecule has 0 saturated heterocycles. The summed E-state index contributed by atoms with van der Waals surface area (Å²) >= 11 is 5.86. The van der Waals surface area contributed by atoms with Gasteiger partial charge in [0, 0.05) is 29.8 Å². The highest BCUT2D eigenvalue weighted by molar-refractivity contribution is 6.58. The van der Waals surface area contributed by atoms with Crippen molar-refractivity contribution in [2.24, 2.45) is 0 Å². The van der Waals surface area contributed by atoms with Crippen molar-refractivity contribution in [1.82, 2.24) is 29.2 Å². The molecule has 2 aromatic carbocycles. The van der Waals surface area contributed by atoms with Gasteiger partial charge in [0.25, 0.3) is 0 Å². The van der Waals surface area contributed by atoms with Crippen LogP contribution in [0.1, 0.15) is 11.4 Å². The largest absolute Gasteiger partial charge is 0.488 e. The van der Waals surface area contributed by atoms with Crippen LogP contribution in [0, 0.1) is 13.8 Å². The van der Waals surface area contributed by atoms with Gasteiger partial charge in [0.1, 0.15) is 16.8 Å². The lowest BCUT2D eigenvalue weighted by atomic mass is 9.81. The van der Waals surface area contributed by atoms with Crippen LogP contribution >= 0.6 is 11.6 Å². The van der Waals surface area contributed by atoms with Gasteiger partial charge < -0.3 is 21.5 Å².